The van der Waals surface area contributed by atoms with Crippen molar-refractivity contribution in [3.05, 3.63) is 35.5 Å². The molecular formula is C11H10N2O2S. The number of rotatable bonds is 3. The molecule has 5 heteroatoms. The van der Waals surface area contributed by atoms with Crippen molar-refractivity contribution in [3.8, 4) is 5.00 Å². The van der Waals surface area contributed by atoms with Crippen molar-refractivity contribution >= 4 is 17.3 Å². The molecule has 1 fully saturated rings. The van der Waals surface area contributed by atoms with Crippen molar-refractivity contribution in [2.75, 3.05) is 0 Å². The van der Waals surface area contributed by atoms with Gasteiger partial charge in [-0.3, -0.25) is 4.79 Å². The third-order valence-corrected chi connectivity index (χ3v) is 4.23. The summed E-state index contributed by atoms with van der Waals surface area (Å²) in [6, 6.07) is 5.68. The van der Waals surface area contributed by atoms with Crippen LogP contribution in [0.4, 0.5) is 0 Å². The molecule has 82 valence electrons. The van der Waals surface area contributed by atoms with Crippen LogP contribution in [0.2, 0.25) is 0 Å². The van der Waals surface area contributed by atoms with Gasteiger partial charge in [-0.1, -0.05) is 0 Å². The first kappa shape index (κ1) is 9.59. The SMILES string of the molecule is O=C(O)C1(c2ccc(-n3cccn3)s2)CC1. The second-order valence-corrected chi connectivity index (χ2v) is 5.04. The van der Waals surface area contributed by atoms with Gasteiger partial charge in [-0.15, -0.1) is 11.3 Å². The van der Waals surface area contributed by atoms with Gasteiger partial charge in [0.15, 0.2) is 0 Å². The summed E-state index contributed by atoms with van der Waals surface area (Å²) >= 11 is 1.51. The molecule has 4 nitrogen and oxygen atoms in total. The second-order valence-electron chi connectivity index (χ2n) is 3.98. The van der Waals surface area contributed by atoms with Crippen LogP contribution >= 0.6 is 11.3 Å². The van der Waals surface area contributed by atoms with Crippen LogP contribution in [0.25, 0.3) is 5.00 Å². The average molecular weight is 234 g/mol. The molecule has 1 aliphatic rings. The van der Waals surface area contributed by atoms with E-state index >= 15 is 0 Å². The molecule has 0 amide bonds. The number of aliphatic carboxylic acids is 1. The summed E-state index contributed by atoms with van der Waals surface area (Å²) in [5.41, 5.74) is -0.601. The van der Waals surface area contributed by atoms with Crippen LogP contribution in [-0.4, -0.2) is 20.9 Å². The Balaban J connectivity index is 1.98. The van der Waals surface area contributed by atoms with Gasteiger partial charge in [0.2, 0.25) is 0 Å². The molecule has 2 aromatic heterocycles. The summed E-state index contributed by atoms with van der Waals surface area (Å²) in [5, 5.41) is 14.3. The number of aromatic nitrogens is 2. The highest BCUT2D eigenvalue weighted by molar-refractivity contribution is 7.14. The molecule has 2 heterocycles. The summed E-state index contributed by atoms with van der Waals surface area (Å²) in [5.74, 6) is -0.707. The first-order chi connectivity index (χ1) is 7.72. The Morgan fingerprint density at radius 3 is 2.88 bits per heavy atom. The largest absolute Gasteiger partial charge is 0.481 e. The zero-order chi connectivity index (χ0) is 11.2. The lowest BCUT2D eigenvalue weighted by Crippen LogP contribution is -2.17. The number of thiophene rings is 1. The molecule has 16 heavy (non-hydrogen) atoms. The maximum atomic E-state index is 11.2. The van der Waals surface area contributed by atoms with Crippen molar-refractivity contribution in [3.63, 3.8) is 0 Å². The molecule has 1 aliphatic carbocycles. The zero-order valence-corrected chi connectivity index (χ0v) is 9.28. The van der Waals surface area contributed by atoms with E-state index < -0.39 is 11.4 Å². The molecule has 0 atom stereocenters. The Bertz CT molecular complexity index is 526. The Labute approximate surface area is 96.1 Å². The maximum absolute atomic E-state index is 11.2. The van der Waals surface area contributed by atoms with Gasteiger partial charge in [0.1, 0.15) is 10.4 Å². The fourth-order valence-corrected chi connectivity index (χ4v) is 2.98. The van der Waals surface area contributed by atoms with E-state index in [1.54, 1.807) is 10.9 Å². The quantitative estimate of drug-likeness (QED) is 0.884. The van der Waals surface area contributed by atoms with E-state index in [9.17, 15) is 9.90 Å². The van der Waals surface area contributed by atoms with E-state index in [1.165, 1.54) is 11.3 Å². The summed E-state index contributed by atoms with van der Waals surface area (Å²) in [7, 11) is 0. The molecule has 1 N–H and O–H groups in total. The molecule has 2 aromatic rings. The lowest BCUT2D eigenvalue weighted by Gasteiger charge is -2.05. The van der Waals surface area contributed by atoms with Crippen molar-refractivity contribution < 1.29 is 9.90 Å². The number of hydrogen-bond donors (Lipinski definition) is 1. The molecule has 0 aromatic carbocycles. The Hall–Kier alpha value is -1.62. The third kappa shape index (κ3) is 1.28. The third-order valence-electron chi connectivity index (χ3n) is 2.95. The molecule has 0 radical (unpaired) electrons. The van der Waals surface area contributed by atoms with Crippen LogP contribution in [0, 0.1) is 0 Å². The molecular weight excluding hydrogens is 224 g/mol. The van der Waals surface area contributed by atoms with E-state index in [2.05, 4.69) is 5.10 Å². The fourth-order valence-electron chi connectivity index (χ4n) is 1.80. The second kappa shape index (κ2) is 3.18. The molecule has 0 bridgehead atoms. The lowest BCUT2D eigenvalue weighted by atomic mass is 10.1. The first-order valence-corrected chi connectivity index (χ1v) is 5.88. The molecule has 1 saturated carbocycles. The van der Waals surface area contributed by atoms with E-state index in [0.29, 0.717) is 0 Å². The average Bonchev–Trinajstić information content (AvgIpc) is 2.75. The van der Waals surface area contributed by atoms with E-state index in [0.717, 1.165) is 22.7 Å². The summed E-state index contributed by atoms with van der Waals surface area (Å²) in [6.45, 7) is 0. The number of carboxylic acid groups (broad SMARTS) is 1. The van der Waals surface area contributed by atoms with Crippen LogP contribution in [0.15, 0.2) is 30.6 Å². The highest BCUT2D eigenvalue weighted by Gasteiger charge is 2.52. The maximum Gasteiger partial charge on any atom is 0.314 e. The van der Waals surface area contributed by atoms with Crippen LogP contribution < -0.4 is 0 Å². The minimum Gasteiger partial charge on any atom is -0.481 e. The molecule has 3 rings (SSSR count). The highest BCUT2D eigenvalue weighted by atomic mass is 32.1. The fraction of sp³-hybridized carbons (Fsp3) is 0.273. The van der Waals surface area contributed by atoms with Crippen molar-refractivity contribution in [2.24, 2.45) is 0 Å². The molecule has 0 saturated heterocycles. The number of hydrogen-bond acceptors (Lipinski definition) is 3. The minimum absolute atomic E-state index is 0.601. The topological polar surface area (TPSA) is 55.1 Å². The minimum atomic E-state index is -0.707. The zero-order valence-electron chi connectivity index (χ0n) is 8.46. The van der Waals surface area contributed by atoms with Gasteiger partial charge < -0.3 is 5.11 Å². The summed E-state index contributed by atoms with van der Waals surface area (Å²) < 4.78 is 1.76. The predicted octanol–water partition coefficient (Wildman–Crippen LogP) is 2.05. The van der Waals surface area contributed by atoms with Gasteiger partial charge in [0.05, 0.1) is 0 Å². The van der Waals surface area contributed by atoms with Crippen LogP contribution in [-0.2, 0) is 10.2 Å². The standard InChI is InChI=1S/C11H10N2O2S/c14-10(15)11(4-5-11)8-2-3-9(16-8)13-7-1-6-12-13/h1-3,6-7H,4-5H2,(H,14,15). The van der Waals surface area contributed by atoms with Crippen molar-refractivity contribution in [1.82, 2.24) is 9.78 Å². The molecule has 0 unspecified atom stereocenters. The van der Waals surface area contributed by atoms with Crippen molar-refractivity contribution in [1.29, 1.82) is 0 Å². The Morgan fingerprint density at radius 1 is 1.50 bits per heavy atom. The number of nitrogens with zero attached hydrogens (tertiary/aromatic N) is 2. The van der Waals surface area contributed by atoms with E-state index in [-0.39, 0.29) is 0 Å². The van der Waals surface area contributed by atoms with Gasteiger partial charge in [-0.25, -0.2) is 4.68 Å². The van der Waals surface area contributed by atoms with Crippen LogP contribution in [0.3, 0.4) is 0 Å². The first-order valence-electron chi connectivity index (χ1n) is 5.06. The van der Waals surface area contributed by atoms with Crippen LogP contribution in [0.5, 0.6) is 0 Å². The predicted molar refractivity (Wildman–Crippen MR) is 60.0 cm³/mol. The normalized spacial score (nSPS) is 17.2. The smallest absolute Gasteiger partial charge is 0.314 e. The summed E-state index contributed by atoms with van der Waals surface area (Å²) in [6.07, 6.45) is 5.07. The summed E-state index contributed by atoms with van der Waals surface area (Å²) in [4.78, 5) is 12.1. The van der Waals surface area contributed by atoms with Crippen molar-refractivity contribution in [2.45, 2.75) is 18.3 Å². The van der Waals surface area contributed by atoms with Gasteiger partial charge in [-0.05, 0) is 31.0 Å². The monoisotopic (exact) mass is 234 g/mol. The molecule has 0 spiro atoms. The Morgan fingerprint density at radius 2 is 2.31 bits per heavy atom. The number of carbonyl (C=O) groups is 1. The lowest BCUT2D eigenvalue weighted by molar-refractivity contribution is -0.139. The van der Waals surface area contributed by atoms with Gasteiger partial charge in [0.25, 0.3) is 0 Å². The number of carboxylic acids is 1. The van der Waals surface area contributed by atoms with E-state index in [1.807, 2.05) is 24.4 Å². The Kier molecular flexibility index (Phi) is 1.91. The van der Waals surface area contributed by atoms with Gasteiger partial charge in [-0.2, -0.15) is 5.10 Å². The van der Waals surface area contributed by atoms with Gasteiger partial charge in [0, 0.05) is 17.3 Å². The van der Waals surface area contributed by atoms with Crippen LogP contribution in [0.1, 0.15) is 17.7 Å². The molecule has 0 aliphatic heterocycles. The van der Waals surface area contributed by atoms with E-state index in [4.69, 9.17) is 0 Å². The van der Waals surface area contributed by atoms with Gasteiger partial charge >= 0.3 is 5.97 Å². The highest BCUT2D eigenvalue weighted by Crippen LogP contribution is 2.51.